The second kappa shape index (κ2) is 4.79. The summed E-state index contributed by atoms with van der Waals surface area (Å²) in [6.45, 7) is 9.87. The van der Waals surface area contributed by atoms with Crippen molar-refractivity contribution in [2.24, 2.45) is 11.3 Å². The van der Waals surface area contributed by atoms with Gasteiger partial charge in [0.05, 0.1) is 0 Å². The molecule has 104 valence electrons. The summed E-state index contributed by atoms with van der Waals surface area (Å²) in [5.74, 6) is 0.913. The lowest BCUT2D eigenvalue weighted by Gasteiger charge is -2.40. The second-order valence-electron chi connectivity index (χ2n) is 8.19. The van der Waals surface area contributed by atoms with Gasteiger partial charge in [0.1, 0.15) is 0 Å². The number of rotatable bonds is 4. The fourth-order valence-corrected chi connectivity index (χ4v) is 3.70. The summed E-state index contributed by atoms with van der Waals surface area (Å²) in [4.78, 5) is 2.79. The number of nitrogens with zero attached hydrogens (tertiary/aromatic N) is 1. The molecule has 1 N–H and O–H groups in total. The summed E-state index contributed by atoms with van der Waals surface area (Å²) in [5.41, 5.74) is 0.487. The van der Waals surface area contributed by atoms with Crippen LogP contribution in [0.4, 0.5) is 0 Å². The van der Waals surface area contributed by atoms with Gasteiger partial charge in [-0.1, -0.05) is 20.8 Å². The summed E-state index contributed by atoms with van der Waals surface area (Å²) >= 11 is 0. The molecule has 0 aromatic rings. The third-order valence-electron chi connectivity index (χ3n) is 4.58. The van der Waals surface area contributed by atoms with E-state index in [1.165, 1.54) is 51.6 Å². The minimum Gasteiger partial charge on any atom is -0.310 e. The van der Waals surface area contributed by atoms with Crippen LogP contribution in [0.5, 0.6) is 0 Å². The fraction of sp³-hybridized carbons (Fsp3) is 1.00. The lowest BCUT2D eigenvalue weighted by Crippen LogP contribution is -2.51. The molecule has 1 saturated heterocycles. The van der Waals surface area contributed by atoms with Crippen LogP contribution in [0.25, 0.3) is 0 Å². The molecule has 1 heterocycles. The zero-order valence-electron chi connectivity index (χ0n) is 12.4. The van der Waals surface area contributed by atoms with E-state index >= 15 is 0 Å². The van der Waals surface area contributed by atoms with Crippen LogP contribution in [0, 0.1) is 11.3 Å². The molecule has 3 fully saturated rings. The molecule has 2 aliphatic carbocycles. The minimum atomic E-state index is 0.487. The maximum absolute atomic E-state index is 3.88. The van der Waals surface area contributed by atoms with Gasteiger partial charge in [-0.2, -0.15) is 0 Å². The van der Waals surface area contributed by atoms with Crippen LogP contribution in [-0.4, -0.2) is 36.1 Å². The average Bonchev–Trinajstić information content (AvgIpc) is 3.10. The zero-order valence-corrected chi connectivity index (χ0v) is 12.4. The van der Waals surface area contributed by atoms with Gasteiger partial charge in [-0.15, -0.1) is 0 Å². The van der Waals surface area contributed by atoms with Crippen LogP contribution in [0.2, 0.25) is 0 Å². The molecule has 0 amide bonds. The standard InChI is InChI=1S/C16H30N2/c1-16(2,3)9-12-8-14(17-13-4-5-13)11-18(10-12)15-6-7-15/h12-15,17H,4-11H2,1-3H3. The molecular formula is C16H30N2. The molecule has 2 unspecified atom stereocenters. The molecular weight excluding hydrogens is 220 g/mol. The Bertz CT molecular complexity index is 286. The monoisotopic (exact) mass is 250 g/mol. The van der Waals surface area contributed by atoms with E-state index in [0.29, 0.717) is 5.41 Å². The van der Waals surface area contributed by atoms with E-state index in [4.69, 9.17) is 0 Å². The van der Waals surface area contributed by atoms with Gasteiger partial charge in [-0.3, -0.25) is 4.90 Å². The number of hydrogen-bond acceptors (Lipinski definition) is 2. The van der Waals surface area contributed by atoms with Crippen molar-refractivity contribution in [1.29, 1.82) is 0 Å². The molecule has 1 aliphatic heterocycles. The van der Waals surface area contributed by atoms with Gasteiger partial charge in [-0.25, -0.2) is 0 Å². The van der Waals surface area contributed by atoms with Gasteiger partial charge in [0.15, 0.2) is 0 Å². The van der Waals surface area contributed by atoms with E-state index in [2.05, 4.69) is 31.0 Å². The predicted octanol–water partition coefficient (Wildman–Crippen LogP) is 3.03. The van der Waals surface area contributed by atoms with E-state index in [1.807, 2.05) is 0 Å². The van der Waals surface area contributed by atoms with E-state index in [9.17, 15) is 0 Å². The summed E-state index contributed by atoms with van der Waals surface area (Å²) in [7, 11) is 0. The van der Waals surface area contributed by atoms with Gasteiger partial charge in [0, 0.05) is 31.2 Å². The Morgan fingerprint density at radius 2 is 1.72 bits per heavy atom. The molecule has 0 spiro atoms. The number of hydrogen-bond donors (Lipinski definition) is 1. The van der Waals surface area contributed by atoms with Crippen molar-refractivity contribution in [3.05, 3.63) is 0 Å². The Morgan fingerprint density at radius 3 is 2.28 bits per heavy atom. The van der Waals surface area contributed by atoms with Crippen molar-refractivity contribution in [3.63, 3.8) is 0 Å². The predicted molar refractivity (Wildman–Crippen MR) is 76.7 cm³/mol. The quantitative estimate of drug-likeness (QED) is 0.825. The summed E-state index contributed by atoms with van der Waals surface area (Å²) in [6.07, 6.45) is 8.56. The summed E-state index contributed by atoms with van der Waals surface area (Å²) in [6, 6.07) is 2.58. The highest BCUT2D eigenvalue weighted by molar-refractivity contribution is 4.95. The second-order valence-corrected chi connectivity index (χ2v) is 8.19. The van der Waals surface area contributed by atoms with Crippen molar-refractivity contribution < 1.29 is 0 Å². The molecule has 0 aromatic carbocycles. The van der Waals surface area contributed by atoms with Gasteiger partial charge < -0.3 is 5.32 Å². The van der Waals surface area contributed by atoms with Gasteiger partial charge in [-0.05, 0) is 49.9 Å². The first kappa shape index (κ1) is 12.9. The average molecular weight is 250 g/mol. The van der Waals surface area contributed by atoms with Crippen LogP contribution in [0.15, 0.2) is 0 Å². The molecule has 0 bridgehead atoms. The highest BCUT2D eigenvalue weighted by Crippen LogP contribution is 2.36. The summed E-state index contributed by atoms with van der Waals surface area (Å²) in [5, 5.41) is 3.88. The SMILES string of the molecule is CC(C)(C)CC1CC(NC2CC2)CN(C2CC2)C1. The Morgan fingerprint density at radius 1 is 1.00 bits per heavy atom. The van der Waals surface area contributed by atoms with Crippen LogP contribution < -0.4 is 5.32 Å². The fourth-order valence-electron chi connectivity index (χ4n) is 3.70. The molecule has 2 nitrogen and oxygen atoms in total. The molecule has 2 heteroatoms. The molecule has 2 atom stereocenters. The zero-order chi connectivity index (χ0) is 12.8. The van der Waals surface area contributed by atoms with Gasteiger partial charge >= 0.3 is 0 Å². The van der Waals surface area contributed by atoms with Crippen LogP contribution in [-0.2, 0) is 0 Å². The van der Waals surface area contributed by atoms with Crippen molar-refractivity contribution in [1.82, 2.24) is 10.2 Å². The van der Waals surface area contributed by atoms with Crippen LogP contribution >= 0.6 is 0 Å². The van der Waals surface area contributed by atoms with Crippen LogP contribution in [0.1, 0.15) is 59.3 Å². The minimum absolute atomic E-state index is 0.487. The topological polar surface area (TPSA) is 15.3 Å². The largest absolute Gasteiger partial charge is 0.310 e. The van der Waals surface area contributed by atoms with Gasteiger partial charge in [0.25, 0.3) is 0 Å². The lowest BCUT2D eigenvalue weighted by molar-refractivity contribution is 0.107. The first-order valence-corrected chi connectivity index (χ1v) is 8.00. The molecule has 0 radical (unpaired) electrons. The lowest BCUT2D eigenvalue weighted by atomic mass is 9.80. The van der Waals surface area contributed by atoms with Crippen molar-refractivity contribution >= 4 is 0 Å². The maximum atomic E-state index is 3.88. The molecule has 0 aromatic heterocycles. The van der Waals surface area contributed by atoms with Crippen molar-refractivity contribution in [2.45, 2.75) is 77.4 Å². The summed E-state index contributed by atoms with van der Waals surface area (Å²) < 4.78 is 0. The number of likely N-dealkylation sites (tertiary alicyclic amines) is 1. The Kier molecular flexibility index (Phi) is 3.44. The van der Waals surface area contributed by atoms with Crippen molar-refractivity contribution in [3.8, 4) is 0 Å². The smallest absolute Gasteiger partial charge is 0.0200 e. The Labute approximate surface area is 113 Å². The number of piperidine rings is 1. The Balaban J connectivity index is 1.58. The molecule has 3 aliphatic rings. The highest BCUT2D eigenvalue weighted by Gasteiger charge is 2.38. The first-order valence-electron chi connectivity index (χ1n) is 8.00. The third-order valence-corrected chi connectivity index (χ3v) is 4.58. The van der Waals surface area contributed by atoms with Gasteiger partial charge in [0.2, 0.25) is 0 Å². The first-order chi connectivity index (χ1) is 8.49. The van der Waals surface area contributed by atoms with E-state index in [1.54, 1.807) is 0 Å². The van der Waals surface area contributed by atoms with E-state index < -0.39 is 0 Å². The van der Waals surface area contributed by atoms with Crippen LogP contribution in [0.3, 0.4) is 0 Å². The molecule has 3 rings (SSSR count). The van der Waals surface area contributed by atoms with Crippen molar-refractivity contribution in [2.75, 3.05) is 13.1 Å². The van der Waals surface area contributed by atoms with E-state index in [-0.39, 0.29) is 0 Å². The Hall–Kier alpha value is -0.0800. The number of nitrogens with one attached hydrogen (secondary N) is 1. The highest BCUT2D eigenvalue weighted by atomic mass is 15.2. The normalized spacial score (nSPS) is 34.8. The molecule has 2 saturated carbocycles. The third kappa shape index (κ3) is 3.71. The van der Waals surface area contributed by atoms with E-state index in [0.717, 1.165) is 24.0 Å². The molecule has 18 heavy (non-hydrogen) atoms. The maximum Gasteiger partial charge on any atom is 0.0200 e.